The van der Waals surface area contributed by atoms with E-state index < -0.39 is 0 Å². The number of aromatic nitrogens is 1. The van der Waals surface area contributed by atoms with Crippen molar-refractivity contribution in [1.82, 2.24) is 9.88 Å². The lowest BCUT2D eigenvalue weighted by atomic mass is 10.1. The van der Waals surface area contributed by atoms with E-state index in [1.807, 2.05) is 34.1 Å². The molecule has 0 atom stereocenters. The molecule has 0 amide bonds. The van der Waals surface area contributed by atoms with Crippen molar-refractivity contribution in [3.63, 3.8) is 0 Å². The third kappa shape index (κ3) is 2.18. The first-order chi connectivity index (χ1) is 6.02. The number of pyridine rings is 1. The van der Waals surface area contributed by atoms with Gasteiger partial charge in [-0.3, -0.25) is 4.98 Å². The zero-order chi connectivity index (χ0) is 10.0. The van der Waals surface area contributed by atoms with Crippen LogP contribution < -0.4 is 5.73 Å². The Bertz CT molecular complexity index is 305. The Kier molecular flexibility index (Phi) is 2.88. The summed E-state index contributed by atoms with van der Waals surface area (Å²) in [5.74, 6) is 0. The molecular weight excluding hydrogens is 162 g/mol. The molecule has 1 heterocycles. The Labute approximate surface area is 79.6 Å². The van der Waals surface area contributed by atoms with Crippen LogP contribution in [-0.2, 0) is 6.54 Å². The Morgan fingerprint density at radius 3 is 2.54 bits per heavy atom. The molecule has 0 aliphatic heterocycles. The van der Waals surface area contributed by atoms with Crippen LogP contribution in [0.3, 0.4) is 0 Å². The third-order valence-electron chi connectivity index (χ3n) is 2.14. The number of rotatable bonds is 2. The molecule has 0 aromatic carbocycles. The molecule has 3 heteroatoms. The zero-order valence-corrected chi connectivity index (χ0v) is 8.76. The van der Waals surface area contributed by atoms with Gasteiger partial charge in [-0.25, -0.2) is 0 Å². The lowest BCUT2D eigenvalue weighted by Gasteiger charge is -2.13. The molecule has 0 aliphatic carbocycles. The van der Waals surface area contributed by atoms with Gasteiger partial charge in [0.15, 0.2) is 0 Å². The van der Waals surface area contributed by atoms with Crippen LogP contribution in [0, 0.1) is 13.8 Å². The summed E-state index contributed by atoms with van der Waals surface area (Å²) < 4.78 is 0. The molecule has 1 aromatic rings. The number of hydrogen-bond acceptors (Lipinski definition) is 3. The van der Waals surface area contributed by atoms with Crippen molar-refractivity contribution in [2.45, 2.75) is 20.4 Å². The highest BCUT2D eigenvalue weighted by atomic mass is 15.1. The van der Waals surface area contributed by atoms with Crippen LogP contribution >= 0.6 is 0 Å². The van der Waals surface area contributed by atoms with Crippen LogP contribution in [0.25, 0.3) is 0 Å². The number of anilines is 1. The topological polar surface area (TPSA) is 42.2 Å². The first kappa shape index (κ1) is 9.99. The van der Waals surface area contributed by atoms with Gasteiger partial charge in [0.25, 0.3) is 0 Å². The molecule has 3 nitrogen and oxygen atoms in total. The van der Waals surface area contributed by atoms with E-state index in [4.69, 9.17) is 5.73 Å². The van der Waals surface area contributed by atoms with Crippen molar-refractivity contribution < 1.29 is 0 Å². The highest BCUT2D eigenvalue weighted by Crippen LogP contribution is 2.18. The summed E-state index contributed by atoms with van der Waals surface area (Å²) in [6.45, 7) is 4.85. The average Bonchev–Trinajstić information content (AvgIpc) is 2.06. The van der Waals surface area contributed by atoms with Crippen molar-refractivity contribution in [3.05, 3.63) is 23.0 Å². The summed E-state index contributed by atoms with van der Waals surface area (Å²) in [6.07, 6.45) is 1.83. The molecule has 0 bridgehead atoms. The molecule has 0 saturated carbocycles. The maximum atomic E-state index is 5.90. The second-order valence-electron chi connectivity index (χ2n) is 3.66. The summed E-state index contributed by atoms with van der Waals surface area (Å²) in [6, 6.07) is 0. The Balaban J connectivity index is 3.04. The highest BCUT2D eigenvalue weighted by Gasteiger charge is 2.06. The first-order valence-electron chi connectivity index (χ1n) is 4.37. The van der Waals surface area contributed by atoms with Crippen LogP contribution in [0.1, 0.15) is 16.8 Å². The standard InChI is InChI=1S/C10H17N3/c1-7-5-12-9(6-13(3)4)8(2)10(7)11/h5H,6H2,1-4H3,(H2,11,12). The van der Waals surface area contributed by atoms with Gasteiger partial charge < -0.3 is 10.6 Å². The van der Waals surface area contributed by atoms with Gasteiger partial charge in [0.1, 0.15) is 0 Å². The fourth-order valence-corrected chi connectivity index (χ4v) is 1.25. The molecule has 2 N–H and O–H groups in total. The maximum absolute atomic E-state index is 5.90. The lowest BCUT2D eigenvalue weighted by molar-refractivity contribution is 0.396. The molecule has 0 radical (unpaired) electrons. The van der Waals surface area contributed by atoms with E-state index in [0.29, 0.717) is 0 Å². The Hall–Kier alpha value is -1.09. The molecular formula is C10H17N3. The number of aryl methyl sites for hydroxylation is 1. The van der Waals surface area contributed by atoms with Crippen LogP contribution in [0.5, 0.6) is 0 Å². The van der Waals surface area contributed by atoms with Gasteiger partial charge in [-0.2, -0.15) is 0 Å². The minimum Gasteiger partial charge on any atom is -0.398 e. The molecule has 13 heavy (non-hydrogen) atoms. The second kappa shape index (κ2) is 3.75. The fraction of sp³-hybridized carbons (Fsp3) is 0.500. The van der Waals surface area contributed by atoms with Crippen LogP contribution in [-0.4, -0.2) is 24.0 Å². The summed E-state index contributed by atoms with van der Waals surface area (Å²) in [7, 11) is 4.05. The fourth-order valence-electron chi connectivity index (χ4n) is 1.25. The normalized spacial score (nSPS) is 10.8. The van der Waals surface area contributed by atoms with E-state index in [1.54, 1.807) is 0 Å². The first-order valence-corrected chi connectivity index (χ1v) is 4.37. The molecule has 1 rings (SSSR count). The second-order valence-corrected chi connectivity index (χ2v) is 3.66. The highest BCUT2D eigenvalue weighted by molar-refractivity contribution is 5.53. The van der Waals surface area contributed by atoms with E-state index in [0.717, 1.165) is 29.1 Å². The zero-order valence-electron chi connectivity index (χ0n) is 8.76. The molecule has 0 saturated heterocycles. The molecule has 1 aromatic heterocycles. The van der Waals surface area contributed by atoms with Crippen molar-refractivity contribution in [1.29, 1.82) is 0 Å². The molecule has 0 aliphatic rings. The monoisotopic (exact) mass is 179 g/mol. The largest absolute Gasteiger partial charge is 0.398 e. The van der Waals surface area contributed by atoms with Gasteiger partial charge in [-0.15, -0.1) is 0 Å². The number of nitrogens with zero attached hydrogens (tertiary/aromatic N) is 2. The smallest absolute Gasteiger partial charge is 0.0593 e. The van der Waals surface area contributed by atoms with Crippen molar-refractivity contribution >= 4 is 5.69 Å². The summed E-state index contributed by atoms with van der Waals surface area (Å²) in [5.41, 5.74) is 9.99. The minimum atomic E-state index is 0.844. The number of hydrogen-bond donors (Lipinski definition) is 1. The van der Waals surface area contributed by atoms with Gasteiger partial charge in [0.2, 0.25) is 0 Å². The summed E-state index contributed by atoms with van der Waals surface area (Å²) in [5, 5.41) is 0. The van der Waals surface area contributed by atoms with E-state index >= 15 is 0 Å². The molecule has 72 valence electrons. The molecule has 0 unspecified atom stereocenters. The summed E-state index contributed by atoms with van der Waals surface area (Å²) >= 11 is 0. The Morgan fingerprint density at radius 1 is 1.38 bits per heavy atom. The van der Waals surface area contributed by atoms with Gasteiger partial charge in [-0.1, -0.05) is 0 Å². The number of nitrogen functional groups attached to an aromatic ring is 1. The molecule has 0 spiro atoms. The maximum Gasteiger partial charge on any atom is 0.0593 e. The van der Waals surface area contributed by atoms with Crippen LogP contribution in [0.15, 0.2) is 6.20 Å². The van der Waals surface area contributed by atoms with Crippen molar-refractivity contribution in [2.75, 3.05) is 19.8 Å². The molecule has 0 fully saturated rings. The van der Waals surface area contributed by atoms with E-state index in [9.17, 15) is 0 Å². The van der Waals surface area contributed by atoms with Crippen molar-refractivity contribution in [2.24, 2.45) is 0 Å². The lowest BCUT2D eigenvalue weighted by Crippen LogP contribution is -2.14. The quantitative estimate of drug-likeness (QED) is 0.745. The van der Waals surface area contributed by atoms with Gasteiger partial charge in [0.05, 0.1) is 5.69 Å². The van der Waals surface area contributed by atoms with E-state index in [1.165, 1.54) is 0 Å². The average molecular weight is 179 g/mol. The van der Waals surface area contributed by atoms with Crippen LogP contribution in [0.4, 0.5) is 5.69 Å². The van der Waals surface area contributed by atoms with E-state index in [-0.39, 0.29) is 0 Å². The summed E-state index contributed by atoms with van der Waals surface area (Å²) in [4.78, 5) is 6.44. The number of nitrogens with two attached hydrogens (primary N) is 1. The van der Waals surface area contributed by atoms with E-state index in [2.05, 4.69) is 9.88 Å². The minimum absolute atomic E-state index is 0.844. The van der Waals surface area contributed by atoms with Gasteiger partial charge in [-0.05, 0) is 39.1 Å². The SMILES string of the molecule is Cc1cnc(CN(C)C)c(C)c1N. The third-order valence-corrected chi connectivity index (χ3v) is 2.14. The predicted molar refractivity (Wildman–Crippen MR) is 55.5 cm³/mol. The Morgan fingerprint density at radius 2 is 2.00 bits per heavy atom. The predicted octanol–water partition coefficient (Wildman–Crippen LogP) is 1.34. The van der Waals surface area contributed by atoms with Gasteiger partial charge >= 0.3 is 0 Å². The van der Waals surface area contributed by atoms with Crippen LogP contribution in [0.2, 0.25) is 0 Å². The van der Waals surface area contributed by atoms with Crippen molar-refractivity contribution in [3.8, 4) is 0 Å². The van der Waals surface area contributed by atoms with Gasteiger partial charge in [0, 0.05) is 18.4 Å².